The van der Waals surface area contributed by atoms with Crippen LogP contribution in [0.5, 0.6) is 0 Å². The fraction of sp³-hybridized carbons (Fsp3) is 0.500. The van der Waals surface area contributed by atoms with Gasteiger partial charge in [-0.3, -0.25) is 0 Å². The third kappa shape index (κ3) is 2.57. The minimum absolute atomic E-state index is 0.0807. The minimum Gasteiger partial charge on any atom is -0.369 e. The molecule has 2 aromatic rings. The third-order valence-corrected chi connectivity index (χ3v) is 5.00. The summed E-state index contributed by atoms with van der Waals surface area (Å²) in [5.41, 5.74) is 3.02. The molecule has 4 heteroatoms. The monoisotopic (exact) mass is 297 g/mol. The van der Waals surface area contributed by atoms with Crippen molar-refractivity contribution in [2.75, 3.05) is 6.61 Å². The molecule has 1 fully saturated rings. The van der Waals surface area contributed by atoms with Gasteiger partial charge in [-0.15, -0.1) is 0 Å². The zero-order valence-electron chi connectivity index (χ0n) is 13.0. The van der Waals surface area contributed by atoms with Crippen molar-refractivity contribution in [1.82, 2.24) is 14.9 Å². The van der Waals surface area contributed by atoms with Gasteiger partial charge in [0.1, 0.15) is 11.9 Å². The Bertz CT molecular complexity index is 651. The molecule has 1 aliphatic heterocycles. The summed E-state index contributed by atoms with van der Waals surface area (Å²) in [5, 5.41) is 3.85. The van der Waals surface area contributed by atoms with Crippen LogP contribution in [0.3, 0.4) is 0 Å². The van der Waals surface area contributed by atoms with Crippen molar-refractivity contribution in [2.24, 2.45) is 7.05 Å². The number of aromatic nitrogens is 2. The van der Waals surface area contributed by atoms with Crippen molar-refractivity contribution in [3.8, 4) is 0 Å². The van der Waals surface area contributed by atoms with Gasteiger partial charge < -0.3 is 14.6 Å². The average molecular weight is 297 g/mol. The van der Waals surface area contributed by atoms with E-state index in [0.717, 1.165) is 25.3 Å². The second kappa shape index (κ2) is 5.86. The number of hydrogen-bond donors (Lipinski definition) is 1. The quantitative estimate of drug-likeness (QED) is 0.945. The van der Waals surface area contributed by atoms with Crippen LogP contribution in [0.4, 0.5) is 0 Å². The number of ether oxygens (including phenoxy) is 1. The fourth-order valence-electron chi connectivity index (χ4n) is 3.81. The zero-order valence-corrected chi connectivity index (χ0v) is 13.0. The molecule has 2 heterocycles. The van der Waals surface area contributed by atoms with Gasteiger partial charge in [-0.05, 0) is 36.8 Å². The van der Waals surface area contributed by atoms with Gasteiger partial charge in [-0.25, -0.2) is 4.98 Å². The molecule has 1 N–H and O–H groups in total. The van der Waals surface area contributed by atoms with E-state index in [-0.39, 0.29) is 6.10 Å². The summed E-state index contributed by atoms with van der Waals surface area (Å²) in [7, 11) is 2.04. The molecular weight excluding hydrogens is 274 g/mol. The Morgan fingerprint density at radius 2 is 2.09 bits per heavy atom. The largest absolute Gasteiger partial charge is 0.369 e. The number of benzene rings is 1. The highest BCUT2D eigenvalue weighted by molar-refractivity contribution is 5.30. The van der Waals surface area contributed by atoms with Gasteiger partial charge in [-0.2, -0.15) is 0 Å². The molecule has 3 atom stereocenters. The molecule has 0 unspecified atom stereocenters. The highest BCUT2D eigenvalue weighted by atomic mass is 16.5. The van der Waals surface area contributed by atoms with E-state index >= 15 is 0 Å². The highest BCUT2D eigenvalue weighted by Crippen LogP contribution is 2.30. The van der Waals surface area contributed by atoms with Gasteiger partial charge in [0.05, 0.1) is 0 Å². The number of fused-ring (bicyclic) bond motifs is 1. The maximum Gasteiger partial charge on any atom is 0.139 e. The molecule has 22 heavy (non-hydrogen) atoms. The standard InChI is InChI=1S/C18H23N3O/c1-21-10-9-19-18(21)17-16(8-11-22-17)20-15-7-6-13-4-2-3-5-14(13)12-15/h2-5,9-10,15-17,20H,6-8,11-12H2,1H3/t15-,16+,17+/m1/s1. The number of nitrogens with zero attached hydrogens (tertiary/aromatic N) is 2. The summed E-state index contributed by atoms with van der Waals surface area (Å²) in [6.45, 7) is 0.818. The van der Waals surface area contributed by atoms with Gasteiger partial charge in [0.25, 0.3) is 0 Å². The predicted molar refractivity (Wildman–Crippen MR) is 85.7 cm³/mol. The second-order valence-corrected chi connectivity index (χ2v) is 6.46. The van der Waals surface area contributed by atoms with Gasteiger partial charge >= 0.3 is 0 Å². The van der Waals surface area contributed by atoms with Crippen LogP contribution in [0.1, 0.15) is 35.9 Å². The number of nitrogens with one attached hydrogen (secondary N) is 1. The Morgan fingerprint density at radius 3 is 2.91 bits per heavy atom. The van der Waals surface area contributed by atoms with Crippen molar-refractivity contribution in [2.45, 2.75) is 43.9 Å². The van der Waals surface area contributed by atoms with E-state index in [2.05, 4.69) is 39.1 Å². The van der Waals surface area contributed by atoms with Crippen LogP contribution in [0.25, 0.3) is 0 Å². The van der Waals surface area contributed by atoms with E-state index in [1.807, 2.05) is 19.4 Å². The first-order chi connectivity index (χ1) is 10.8. The summed E-state index contributed by atoms with van der Waals surface area (Å²) in [4.78, 5) is 4.48. The van der Waals surface area contributed by atoms with Crippen molar-refractivity contribution in [3.63, 3.8) is 0 Å². The van der Waals surface area contributed by atoms with Crippen LogP contribution in [-0.2, 0) is 24.6 Å². The van der Waals surface area contributed by atoms with Gasteiger partial charge in [-0.1, -0.05) is 24.3 Å². The van der Waals surface area contributed by atoms with Crippen molar-refractivity contribution < 1.29 is 4.74 Å². The average Bonchev–Trinajstić information content (AvgIpc) is 3.15. The van der Waals surface area contributed by atoms with E-state index < -0.39 is 0 Å². The predicted octanol–water partition coefficient (Wildman–Crippen LogP) is 2.40. The topological polar surface area (TPSA) is 39.1 Å². The van der Waals surface area contributed by atoms with E-state index in [9.17, 15) is 0 Å². The number of aryl methyl sites for hydroxylation is 2. The van der Waals surface area contributed by atoms with E-state index in [1.54, 1.807) is 0 Å². The molecule has 0 spiro atoms. The molecule has 1 aromatic heterocycles. The van der Waals surface area contributed by atoms with Gasteiger partial charge in [0.2, 0.25) is 0 Å². The maximum atomic E-state index is 5.96. The lowest BCUT2D eigenvalue weighted by Crippen LogP contribution is -2.43. The van der Waals surface area contributed by atoms with Crippen molar-refractivity contribution in [1.29, 1.82) is 0 Å². The number of rotatable bonds is 3. The lowest BCUT2D eigenvalue weighted by molar-refractivity contribution is 0.0867. The van der Waals surface area contributed by atoms with Crippen LogP contribution in [0, 0.1) is 0 Å². The molecule has 4 nitrogen and oxygen atoms in total. The highest BCUT2D eigenvalue weighted by Gasteiger charge is 2.34. The molecule has 0 amide bonds. The first-order valence-electron chi connectivity index (χ1n) is 8.23. The summed E-state index contributed by atoms with van der Waals surface area (Å²) in [6.07, 6.45) is 8.50. The number of hydrogen-bond acceptors (Lipinski definition) is 3. The van der Waals surface area contributed by atoms with Crippen molar-refractivity contribution >= 4 is 0 Å². The molecule has 116 valence electrons. The molecule has 0 bridgehead atoms. The summed E-state index contributed by atoms with van der Waals surface area (Å²) >= 11 is 0. The van der Waals surface area contributed by atoms with Crippen LogP contribution in [-0.4, -0.2) is 28.2 Å². The summed E-state index contributed by atoms with van der Waals surface area (Å²) in [5.74, 6) is 1.03. The fourth-order valence-corrected chi connectivity index (χ4v) is 3.81. The molecule has 2 aliphatic rings. The maximum absolute atomic E-state index is 5.96. The molecule has 1 saturated heterocycles. The van der Waals surface area contributed by atoms with Crippen LogP contribution < -0.4 is 5.32 Å². The summed E-state index contributed by atoms with van der Waals surface area (Å²) < 4.78 is 8.03. The first-order valence-corrected chi connectivity index (χ1v) is 8.23. The summed E-state index contributed by atoms with van der Waals surface area (Å²) in [6, 6.07) is 9.75. The molecular formula is C18H23N3O. The molecule has 0 saturated carbocycles. The Labute approximate surface area is 131 Å². The Balaban J connectivity index is 1.46. The van der Waals surface area contributed by atoms with E-state index in [1.165, 1.54) is 24.0 Å². The van der Waals surface area contributed by atoms with E-state index in [4.69, 9.17) is 4.74 Å². The number of imidazole rings is 1. The second-order valence-electron chi connectivity index (χ2n) is 6.46. The first kappa shape index (κ1) is 14.0. The minimum atomic E-state index is 0.0807. The van der Waals surface area contributed by atoms with Crippen LogP contribution in [0.2, 0.25) is 0 Å². The smallest absolute Gasteiger partial charge is 0.139 e. The van der Waals surface area contributed by atoms with Crippen molar-refractivity contribution in [3.05, 3.63) is 53.6 Å². The van der Waals surface area contributed by atoms with Crippen LogP contribution >= 0.6 is 0 Å². The van der Waals surface area contributed by atoms with Gasteiger partial charge in [0.15, 0.2) is 0 Å². The third-order valence-electron chi connectivity index (χ3n) is 5.00. The SMILES string of the molecule is Cn1ccnc1[C@H]1OCC[C@@H]1N[C@@H]1CCc2ccccc2C1. The zero-order chi connectivity index (χ0) is 14.9. The molecule has 0 radical (unpaired) electrons. The van der Waals surface area contributed by atoms with E-state index in [0.29, 0.717) is 12.1 Å². The lowest BCUT2D eigenvalue weighted by Gasteiger charge is -2.30. The van der Waals surface area contributed by atoms with Gasteiger partial charge in [0, 0.05) is 38.1 Å². The molecule has 4 rings (SSSR count). The molecule has 1 aromatic carbocycles. The Morgan fingerprint density at radius 1 is 1.23 bits per heavy atom. The lowest BCUT2D eigenvalue weighted by atomic mass is 9.87. The Hall–Kier alpha value is -1.65. The molecule has 1 aliphatic carbocycles. The Kier molecular flexibility index (Phi) is 3.72. The van der Waals surface area contributed by atoms with Crippen LogP contribution in [0.15, 0.2) is 36.7 Å². The normalized spacial score (nSPS) is 27.8.